The van der Waals surface area contributed by atoms with Crippen LogP contribution in [0.3, 0.4) is 0 Å². The van der Waals surface area contributed by atoms with E-state index in [1.165, 1.54) is 24.2 Å². The molecule has 12 heteroatoms. The first-order valence-electron chi connectivity index (χ1n) is 7.20. The van der Waals surface area contributed by atoms with Crippen molar-refractivity contribution in [1.29, 1.82) is 0 Å². The number of aromatic amines is 1. The fourth-order valence-electron chi connectivity index (χ4n) is 2.18. The van der Waals surface area contributed by atoms with Gasteiger partial charge in [0.15, 0.2) is 0 Å². The van der Waals surface area contributed by atoms with E-state index in [0.29, 0.717) is 5.56 Å². The Labute approximate surface area is 145 Å². The number of carbonyl (C=O) groups is 1. The molecule has 0 aliphatic carbocycles. The van der Waals surface area contributed by atoms with Crippen LogP contribution in [0.25, 0.3) is 0 Å². The number of amides is 1. The SMILES string of the molecule is COc1n[nH]c(C(=O)Nc2ncn(Cc3ccccc3F)n2)c1[N+](=O)[O-]. The Hall–Kier alpha value is -3.83. The average molecular weight is 361 g/mol. The highest BCUT2D eigenvalue weighted by Crippen LogP contribution is 2.27. The predicted molar refractivity (Wildman–Crippen MR) is 85.3 cm³/mol. The molecular weight excluding hydrogens is 349 g/mol. The van der Waals surface area contributed by atoms with Crippen LogP contribution < -0.4 is 10.1 Å². The van der Waals surface area contributed by atoms with Crippen LogP contribution in [0.1, 0.15) is 16.1 Å². The summed E-state index contributed by atoms with van der Waals surface area (Å²) in [5.41, 5.74) is -0.614. The van der Waals surface area contributed by atoms with E-state index in [9.17, 15) is 19.3 Å². The second-order valence-electron chi connectivity index (χ2n) is 5.02. The molecule has 3 aromatic rings. The van der Waals surface area contributed by atoms with Crippen molar-refractivity contribution in [2.24, 2.45) is 0 Å². The van der Waals surface area contributed by atoms with Crippen LogP contribution >= 0.6 is 0 Å². The van der Waals surface area contributed by atoms with Gasteiger partial charge in [0.25, 0.3) is 5.91 Å². The predicted octanol–water partition coefficient (Wildman–Crippen LogP) is 1.36. The van der Waals surface area contributed by atoms with Crippen LogP contribution in [0, 0.1) is 15.9 Å². The number of halogens is 1. The Morgan fingerprint density at radius 2 is 2.23 bits per heavy atom. The van der Waals surface area contributed by atoms with Gasteiger partial charge in [0.05, 0.1) is 18.6 Å². The van der Waals surface area contributed by atoms with Crippen molar-refractivity contribution in [2.75, 3.05) is 12.4 Å². The molecule has 0 unspecified atom stereocenters. The lowest BCUT2D eigenvalue weighted by Crippen LogP contribution is -2.15. The third-order valence-corrected chi connectivity index (χ3v) is 3.36. The molecule has 0 spiro atoms. The number of aromatic nitrogens is 5. The summed E-state index contributed by atoms with van der Waals surface area (Å²) in [5, 5.41) is 23.2. The molecule has 2 aromatic heterocycles. The topological polar surface area (TPSA) is 141 Å². The van der Waals surface area contributed by atoms with Crippen molar-refractivity contribution in [1.82, 2.24) is 25.0 Å². The average Bonchev–Trinajstić information content (AvgIpc) is 3.23. The molecule has 26 heavy (non-hydrogen) atoms. The Kier molecular flexibility index (Phi) is 4.55. The molecule has 1 amide bonds. The van der Waals surface area contributed by atoms with Gasteiger partial charge in [-0.05, 0) is 6.07 Å². The van der Waals surface area contributed by atoms with Gasteiger partial charge in [-0.25, -0.2) is 14.1 Å². The zero-order chi connectivity index (χ0) is 18.7. The van der Waals surface area contributed by atoms with Crippen molar-refractivity contribution in [3.63, 3.8) is 0 Å². The van der Waals surface area contributed by atoms with Crippen molar-refractivity contribution in [3.05, 3.63) is 57.8 Å². The maximum Gasteiger partial charge on any atom is 0.362 e. The van der Waals surface area contributed by atoms with Gasteiger partial charge < -0.3 is 4.74 Å². The van der Waals surface area contributed by atoms with Crippen molar-refractivity contribution in [2.45, 2.75) is 6.54 Å². The van der Waals surface area contributed by atoms with E-state index in [-0.39, 0.29) is 18.4 Å². The van der Waals surface area contributed by atoms with E-state index in [1.807, 2.05) is 0 Å². The third kappa shape index (κ3) is 3.33. The van der Waals surface area contributed by atoms with Crippen LogP contribution in [0.15, 0.2) is 30.6 Å². The standard InChI is InChI=1S/C14H12FN7O4/c1-26-13-11(22(24)25)10(18-19-13)12(23)17-14-16-7-21(20-14)6-8-4-2-3-5-9(8)15/h2-5,7H,6H2,1H3,(H,18,19)(H,17,20,23). The lowest BCUT2D eigenvalue weighted by atomic mass is 10.2. The molecule has 1 aromatic carbocycles. The normalized spacial score (nSPS) is 10.5. The van der Waals surface area contributed by atoms with Crippen molar-refractivity contribution >= 4 is 17.5 Å². The maximum absolute atomic E-state index is 13.7. The van der Waals surface area contributed by atoms with Gasteiger partial charge in [-0.15, -0.1) is 10.2 Å². The number of anilines is 1. The molecule has 2 heterocycles. The first-order chi connectivity index (χ1) is 12.5. The molecule has 3 rings (SSSR count). The highest BCUT2D eigenvalue weighted by atomic mass is 19.1. The lowest BCUT2D eigenvalue weighted by Gasteiger charge is -2.02. The molecule has 0 bridgehead atoms. The minimum atomic E-state index is -0.865. The number of carbonyl (C=O) groups excluding carboxylic acids is 1. The van der Waals surface area contributed by atoms with Crippen molar-refractivity contribution < 1.29 is 18.8 Å². The number of hydrogen-bond acceptors (Lipinski definition) is 7. The molecule has 0 fully saturated rings. The Morgan fingerprint density at radius 1 is 1.46 bits per heavy atom. The zero-order valence-corrected chi connectivity index (χ0v) is 13.3. The van der Waals surface area contributed by atoms with Crippen LogP contribution in [0.4, 0.5) is 16.0 Å². The fraction of sp³-hybridized carbons (Fsp3) is 0.143. The van der Waals surface area contributed by atoms with Gasteiger partial charge in [-0.3, -0.25) is 25.3 Å². The van der Waals surface area contributed by atoms with E-state index >= 15 is 0 Å². The van der Waals surface area contributed by atoms with Gasteiger partial charge in [0, 0.05) is 5.56 Å². The highest BCUT2D eigenvalue weighted by Gasteiger charge is 2.30. The minimum absolute atomic E-state index is 0.103. The molecule has 11 nitrogen and oxygen atoms in total. The van der Waals surface area contributed by atoms with Crippen LogP contribution in [-0.2, 0) is 6.54 Å². The number of methoxy groups -OCH3 is 1. The third-order valence-electron chi connectivity index (χ3n) is 3.36. The zero-order valence-electron chi connectivity index (χ0n) is 13.3. The summed E-state index contributed by atoms with van der Waals surface area (Å²) in [6.07, 6.45) is 1.30. The highest BCUT2D eigenvalue weighted by molar-refractivity contribution is 6.05. The molecule has 134 valence electrons. The second kappa shape index (κ2) is 6.96. The smallest absolute Gasteiger partial charge is 0.362 e. The summed E-state index contributed by atoms with van der Waals surface area (Å²) in [6.45, 7) is 0.105. The van der Waals surface area contributed by atoms with Gasteiger partial charge in [-0.2, -0.15) is 0 Å². The molecule has 0 aliphatic rings. The fourth-order valence-corrected chi connectivity index (χ4v) is 2.18. The number of benzene rings is 1. The Morgan fingerprint density at radius 3 is 2.92 bits per heavy atom. The monoisotopic (exact) mass is 361 g/mol. The first kappa shape index (κ1) is 17.0. The van der Waals surface area contributed by atoms with Crippen LogP contribution in [-0.4, -0.2) is 42.9 Å². The van der Waals surface area contributed by atoms with Crippen molar-refractivity contribution in [3.8, 4) is 5.88 Å². The number of rotatable bonds is 6. The molecule has 0 aliphatic heterocycles. The quantitative estimate of drug-likeness (QED) is 0.499. The number of nitrogens with zero attached hydrogens (tertiary/aromatic N) is 5. The van der Waals surface area contributed by atoms with Crippen LogP contribution in [0.5, 0.6) is 5.88 Å². The van der Waals surface area contributed by atoms with Gasteiger partial charge in [-0.1, -0.05) is 18.2 Å². The summed E-state index contributed by atoms with van der Waals surface area (Å²) in [6, 6.07) is 6.16. The maximum atomic E-state index is 13.7. The summed E-state index contributed by atoms with van der Waals surface area (Å²) in [4.78, 5) is 26.4. The second-order valence-corrected chi connectivity index (χ2v) is 5.02. The Balaban J connectivity index is 1.75. The van der Waals surface area contributed by atoms with Gasteiger partial charge >= 0.3 is 11.6 Å². The molecule has 2 N–H and O–H groups in total. The summed E-state index contributed by atoms with van der Waals surface area (Å²) >= 11 is 0. The lowest BCUT2D eigenvalue weighted by molar-refractivity contribution is -0.386. The number of nitro groups is 1. The summed E-state index contributed by atoms with van der Waals surface area (Å²) in [5.74, 6) is -1.68. The Bertz CT molecular complexity index is 968. The number of H-pyrrole nitrogens is 1. The molecule has 0 atom stereocenters. The van der Waals surface area contributed by atoms with E-state index in [1.54, 1.807) is 18.2 Å². The molecular formula is C14H12FN7O4. The van der Waals surface area contributed by atoms with E-state index in [2.05, 4.69) is 25.6 Å². The van der Waals surface area contributed by atoms with E-state index < -0.39 is 28.0 Å². The molecule has 0 radical (unpaired) electrons. The van der Waals surface area contributed by atoms with E-state index in [0.717, 1.165) is 0 Å². The molecule has 0 saturated heterocycles. The molecule has 0 saturated carbocycles. The number of hydrogen-bond donors (Lipinski definition) is 2. The summed E-state index contributed by atoms with van der Waals surface area (Å²) < 4.78 is 19.7. The van der Waals surface area contributed by atoms with E-state index in [4.69, 9.17) is 4.74 Å². The van der Waals surface area contributed by atoms with Crippen LogP contribution in [0.2, 0.25) is 0 Å². The number of ether oxygens (including phenoxy) is 1. The summed E-state index contributed by atoms with van der Waals surface area (Å²) in [7, 11) is 1.19. The van der Waals surface area contributed by atoms with Gasteiger partial charge in [0.1, 0.15) is 12.1 Å². The first-order valence-corrected chi connectivity index (χ1v) is 7.20. The largest absolute Gasteiger partial charge is 0.475 e. The number of nitrogens with one attached hydrogen (secondary N) is 2. The van der Waals surface area contributed by atoms with Gasteiger partial charge in [0.2, 0.25) is 11.6 Å². The minimum Gasteiger partial charge on any atom is -0.475 e.